The molecule has 0 aliphatic carbocycles. The van der Waals surface area contributed by atoms with Crippen molar-refractivity contribution in [1.82, 2.24) is 0 Å². The van der Waals surface area contributed by atoms with Crippen molar-refractivity contribution >= 4 is 60.2 Å². The van der Waals surface area contributed by atoms with E-state index in [0.29, 0.717) is 0 Å². The average molecular weight is 672 g/mol. The quantitative estimate of drug-likeness (QED) is 0.169. The third kappa shape index (κ3) is 4.58. The van der Waals surface area contributed by atoms with Crippen LogP contribution in [0.2, 0.25) is 0 Å². The Morgan fingerprint density at radius 1 is 0.226 bits per heavy atom. The molecule has 10 aromatic carbocycles. The molecule has 1 heteroatoms. The van der Waals surface area contributed by atoms with Crippen LogP contribution in [-0.4, -0.2) is 0 Å². The summed E-state index contributed by atoms with van der Waals surface area (Å²) in [6, 6.07) is 73.6. The van der Waals surface area contributed by atoms with E-state index < -0.39 is 0 Å². The SMILES string of the molecule is c1ccc(N2c3ccccc3-c3ccc(-c4ccc(-c5ccc6c7ccccc7c7ccccc7c6c5)c5ccccc45)cc3-c3ccccc32)cc1. The van der Waals surface area contributed by atoms with Gasteiger partial charge in [-0.3, -0.25) is 0 Å². The fourth-order valence-corrected chi connectivity index (χ4v) is 8.82. The minimum atomic E-state index is 1.15. The first-order chi connectivity index (χ1) is 26.3. The Kier molecular flexibility index (Phi) is 6.62. The molecule has 1 nitrogen and oxygen atoms in total. The van der Waals surface area contributed by atoms with Crippen molar-refractivity contribution in [2.75, 3.05) is 4.90 Å². The van der Waals surface area contributed by atoms with Crippen molar-refractivity contribution in [3.05, 3.63) is 200 Å². The second-order valence-corrected chi connectivity index (χ2v) is 14.0. The number of para-hydroxylation sites is 3. The van der Waals surface area contributed by atoms with E-state index in [-0.39, 0.29) is 0 Å². The number of benzene rings is 10. The lowest BCUT2D eigenvalue weighted by Gasteiger charge is -2.27. The lowest BCUT2D eigenvalue weighted by molar-refractivity contribution is 1.29. The van der Waals surface area contributed by atoms with Crippen molar-refractivity contribution in [2.24, 2.45) is 0 Å². The van der Waals surface area contributed by atoms with Gasteiger partial charge in [-0.1, -0.05) is 164 Å². The molecule has 0 radical (unpaired) electrons. The molecule has 0 amide bonds. The van der Waals surface area contributed by atoms with Gasteiger partial charge in [-0.2, -0.15) is 0 Å². The summed E-state index contributed by atoms with van der Waals surface area (Å²) in [6.07, 6.45) is 0. The van der Waals surface area contributed by atoms with Crippen LogP contribution in [0.4, 0.5) is 17.1 Å². The van der Waals surface area contributed by atoms with Crippen LogP contribution in [0.15, 0.2) is 200 Å². The first kappa shape index (κ1) is 29.7. The zero-order valence-electron chi connectivity index (χ0n) is 29.0. The first-order valence-corrected chi connectivity index (χ1v) is 18.4. The molecule has 0 fully saturated rings. The topological polar surface area (TPSA) is 3.24 Å². The fraction of sp³-hybridized carbons (Fsp3) is 0. The summed E-state index contributed by atoms with van der Waals surface area (Å²) in [5.41, 5.74) is 13.4. The zero-order chi connectivity index (χ0) is 34.9. The van der Waals surface area contributed by atoms with E-state index in [1.165, 1.54) is 99.0 Å². The molecule has 1 aliphatic heterocycles. The van der Waals surface area contributed by atoms with Gasteiger partial charge in [0.15, 0.2) is 0 Å². The summed E-state index contributed by atoms with van der Waals surface area (Å²) in [4.78, 5) is 2.41. The van der Waals surface area contributed by atoms with Crippen LogP contribution in [0, 0.1) is 0 Å². The van der Waals surface area contributed by atoms with Crippen LogP contribution >= 0.6 is 0 Å². The van der Waals surface area contributed by atoms with Gasteiger partial charge in [0.25, 0.3) is 0 Å². The first-order valence-electron chi connectivity index (χ1n) is 18.4. The van der Waals surface area contributed by atoms with Gasteiger partial charge in [0.2, 0.25) is 0 Å². The van der Waals surface area contributed by atoms with Crippen LogP contribution < -0.4 is 4.90 Å². The minimum absolute atomic E-state index is 1.15. The molecule has 0 bridgehead atoms. The Balaban J connectivity index is 1.10. The number of anilines is 3. The predicted molar refractivity (Wildman–Crippen MR) is 226 cm³/mol. The molecule has 0 spiro atoms. The molecule has 0 saturated carbocycles. The molecule has 0 aromatic heterocycles. The predicted octanol–water partition coefficient (Wildman–Crippen LogP) is 14.8. The van der Waals surface area contributed by atoms with Crippen LogP contribution in [0.25, 0.3) is 87.6 Å². The highest BCUT2D eigenvalue weighted by molar-refractivity contribution is 6.26. The van der Waals surface area contributed by atoms with Gasteiger partial charge in [-0.05, 0) is 113 Å². The zero-order valence-corrected chi connectivity index (χ0v) is 29.0. The number of fused-ring (bicyclic) bond motifs is 12. The number of hydrogen-bond acceptors (Lipinski definition) is 1. The summed E-state index contributed by atoms with van der Waals surface area (Å²) in [5.74, 6) is 0. The Bertz CT molecular complexity index is 3030. The largest absolute Gasteiger partial charge is 0.309 e. The summed E-state index contributed by atoms with van der Waals surface area (Å²) >= 11 is 0. The highest BCUT2D eigenvalue weighted by atomic mass is 15.1. The van der Waals surface area contributed by atoms with E-state index in [2.05, 4.69) is 205 Å². The molecule has 0 saturated heterocycles. The molecule has 1 aliphatic rings. The van der Waals surface area contributed by atoms with Crippen LogP contribution in [-0.2, 0) is 0 Å². The summed E-state index contributed by atoms with van der Waals surface area (Å²) in [6.45, 7) is 0. The summed E-state index contributed by atoms with van der Waals surface area (Å²) in [5, 5.41) is 10.3. The normalized spacial score (nSPS) is 12.1. The third-order valence-corrected chi connectivity index (χ3v) is 11.2. The molecule has 53 heavy (non-hydrogen) atoms. The minimum Gasteiger partial charge on any atom is -0.309 e. The molecular formula is C52H33N. The molecule has 10 aromatic rings. The Hall–Kier alpha value is -6.96. The smallest absolute Gasteiger partial charge is 0.0540 e. The van der Waals surface area contributed by atoms with Gasteiger partial charge < -0.3 is 4.90 Å². The fourth-order valence-electron chi connectivity index (χ4n) is 8.82. The maximum absolute atomic E-state index is 2.41. The van der Waals surface area contributed by atoms with Crippen molar-refractivity contribution in [1.29, 1.82) is 0 Å². The van der Waals surface area contributed by atoms with Crippen molar-refractivity contribution in [3.63, 3.8) is 0 Å². The van der Waals surface area contributed by atoms with Crippen LogP contribution in [0.5, 0.6) is 0 Å². The van der Waals surface area contributed by atoms with Crippen molar-refractivity contribution < 1.29 is 0 Å². The van der Waals surface area contributed by atoms with E-state index in [1.807, 2.05) is 0 Å². The maximum Gasteiger partial charge on any atom is 0.0540 e. The standard InChI is InChI=1S/C52H33N/c1-2-14-36(15-3-1)53-51-24-12-10-22-47(51)46-29-27-35(33-50(46)48-23-11-13-25-52(48)53)38-31-30-37(39-16-4-5-17-40(38)39)34-26-28-45-43-20-7-6-18-41(43)42-19-8-9-21-44(42)49(45)32-34/h1-33H. The van der Waals surface area contributed by atoms with Gasteiger partial charge in [0, 0.05) is 16.8 Å². The maximum atomic E-state index is 2.41. The second kappa shape index (κ2) is 11.8. The lowest BCUT2D eigenvalue weighted by Crippen LogP contribution is -2.10. The van der Waals surface area contributed by atoms with E-state index in [1.54, 1.807) is 0 Å². The molecule has 0 N–H and O–H groups in total. The highest BCUT2D eigenvalue weighted by Crippen LogP contribution is 2.51. The van der Waals surface area contributed by atoms with Gasteiger partial charge in [0.1, 0.15) is 0 Å². The number of rotatable bonds is 3. The molecule has 0 atom stereocenters. The van der Waals surface area contributed by atoms with E-state index in [0.717, 1.165) is 5.69 Å². The van der Waals surface area contributed by atoms with Gasteiger partial charge in [-0.15, -0.1) is 0 Å². The van der Waals surface area contributed by atoms with E-state index in [9.17, 15) is 0 Å². The molecule has 246 valence electrons. The van der Waals surface area contributed by atoms with Gasteiger partial charge in [-0.25, -0.2) is 0 Å². The molecule has 0 unspecified atom stereocenters. The van der Waals surface area contributed by atoms with E-state index >= 15 is 0 Å². The Labute approximate surface area is 308 Å². The summed E-state index contributed by atoms with van der Waals surface area (Å²) < 4.78 is 0. The third-order valence-electron chi connectivity index (χ3n) is 11.2. The Morgan fingerprint density at radius 3 is 1.25 bits per heavy atom. The molecule has 11 rings (SSSR count). The number of nitrogens with zero attached hydrogens (tertiary/aromatic N) is 1. The lowest BCUT2D eigenvalue weighted by atomic mass is 9.87. The second-order valence-electron chi connectivity index (χ2n) is 14.0. The van der Waals surface area contributed by atoms with Crippen molar-refractivity contribution in [2.45, 2.75) is 0 Å². The average Bonchev–Trinajstić information content (AvgIpc) is 3.36. The van der Waals surface area contributed by atoms with E-state index in [4.69, 9.17) is 0 Å². The highest BCUT2D eigenvalue weighted by Gasteiger charge is 2.26. The van der Waals surface area contributed by atoms with Gasteiger partial charge in [0.05, 0.1) is 11.4 Å². The van der Waals surface area contributed by atoms with Crippen LogP contribution in [0.3, 0.4) is 0 Å². The summed E-state index contributed by atoms with van der Waals surface area (Å²) in [7, 11) is 0. The molecular weight excluding hydrogens is 639 g/mol. The van der Waals surface area contributed by atoms with Crippen LogP contribution in [0.1, 0.15) is 0 Å². The number of hydrogen-bond donors (Lipinski definition) is 0. The van der Waals surface area contributed by atoms with Crippen molar-refractivity contribution in [3.8, 4) is 44.5 Å². The molecule has 1 heterocycles. The van der Waals surface area contributed by atoms with Gasteiger partial charge >= 0.3 is 0 Å². The monoisotopic (exact) mass is 671 g/mol. The Morgan fingerprint density at radius 2 is 0.642 bits per heavy atom.